The molecule has 3 aromatic rings. The van der Waals surface area contributed by atoms with Crippen molar-refractivity contribution in [1.82, 2.24) is 10.3 Å². The fraction of sp³-hybridized carbons (Fsp3) is 0. The van der Waals surface area contributed by atoms with Crippen LogP contribution in [0.4, 0.5) is 8.78 Å². The molecule has 0 aliphatic carbocycles. The molecule has 0 aromatic heterocycles. The molecule has 0 aliphatic rings. The minimum Gasteiger partial charge on any atom is -0.508 e. The van der Waals surface area contributed by atoms with Gasteiger partial charge in [-0.25, -0.2) is 17.2 Å². The summed E-state index contributed by atoms with van der Waals surface area (Å²) in [5.74, 6) is -3.26. The SMILES string of the molecule is O=C(NNS(=O)(=O)c1ccc(O)cc1F)c1cc(F)cc(-c2ccccc2)c1. The number of nitrogens with one attached hydrogen (secondary N) is 2. The molecule has 0 unspecified atom stereocenters. The van der Waals surface area contributed by atoms with E-state index in [4.69, 9.17) is 5.11 Å². The van der Waals surface area contributed by atoms with E-state index in [0.29, 0.717) is 17.2 Å². The summed E-state index contributed by atoms with van der Waals surface area (Å²) in [4.78, 5) is 13.2. The summed E-state index contributed by atoms with van der Waals surface area (Å²) in [5, 5.41) is 9.16. The predicted octanol–water partition coefficient (Wildman–Crippen LogP) is 2.96. The number of phenolic OH excluding ortho intramolecular Hbond substituents is 1. The van der Waals surface area contributed by atoms with Crippen LogP contribution in [0.1, 0.15) is 10.4 Å². The quantitative estimate of drug-likeness (QED) is 0.570. The van der Waals surface area contributed by atoms with Gasteiger partial charge < -0.3 is 5.11 Å². The van der Waals surface area contributed by atoms with Gasteiger partial charge in [-0.05, 0) is 41.5 Å². The first-order valence-corrected chi connectivity index (χ1v) is 9.41. The van der Waals surface area contributed by atoms with Gasteiger partial charge in [-0.2, -0.15) is 0 Å². The second-order valence-corrected chi connectivity index (χ2v) is 7.42. The van der Waals surface area contributed by atoms with Gasteiger partial charge in [0.15, 0.2) is 0 Å². The maximum Gasteiger partial charge on any atom is 0.266 e. The van der Waals surface area contributed by atoms with Crippen LogP contribution in [0, 0.1) is 11.6 Å². The first kappa shape index (κ1) is 19.5. The lowest BCUT2D eigenvalue weighted by molar-refractivity contribution is 0.0944. The molecule has 6 nitrogen and oxygen atoms in total. The third-order valence-electron chi connectivity index (χ3n) is 3.77. The minimum absolute atomic E-state index is 0.132. The van der Waals surface area contributed by atoms with Crippen LogP contribution in [-0.2, 0) is 10.0 Å². The zero-order chi connectivity index (χ0) is 20.3. The number of sulfonamides is 1. The largest absolute Gasteiger partial charge is 0.508 e. The molecule has 3 rings (SSSR count). The fourth-order valence-electron chi connectivity index (χ4n) is 2.47. The van der Waals surface area contributed by atoms with Gasteiger partial charge in [-0.15, -0.1) is 4.83 Å². The Morgan fingerprint density at radius 2 is 1.61 bits per heavy atom. The van der Waals surface area contributed by atoms with Crippen molar-refractivity contribution in [3.8, 4) is 16.9 Å². The van der Waals surface area contributed by atoms with Crippen molar-refractivity contribution in [2.45, 2.75) is 4.90 Å². The van der Waals surface area contributed by atoms with E-state index in [9.17, 15) is 22.0 Å². The van der Waals surface area contributed by atoms with Gasteiger partial charge in [0.1, 0.15) is 22.3 Å². The van der Waals surface area contributed by atoms with Crippen LogP contribution in [0.3, 0.4) is 0 Å². The van der Waals surface area contributed by atoms with E-state index < -0.39 is 38.2 Å². The van der Waals surface area contributed by atoms with Crippen molar-refractivity contribution < 1.29 is 27.1 Å². The highest BCUT2D eigenvalue weighted by atomic mass is 32.2. The van der Waals surface area contributed by atoms with Gasteiger partial charge in [-0.3, -0.25) is 10.2 Å². The molecule has 3 aromatic carbocycles. The Morgan fingerprint density at radius 1 is 0.893 bits per heavy atom. The van der Waals surface area contributed by atoms with Crippen LogP contribution in [-0.4, -0.2) is 19.4 Å². The number of phenols is 1. The summed E-state index contributed by atoms with van der Waals surface area (Å²) in [5.41, 5.74) is 2.88. The average Bonchev–Trinajstić information content (AvgIpc) is 2.66. The third-order valence-corrected chi connectivity index (χ3v) is 5.05. The molecule has 0 saturated carbocycles. The van der Waals surface area contributed by atoms with Crippen molar-refractivity contribution in [3.63, 3.8) is 0 Å². The molecular formula is C19H14F2N2O4S. The zero-order valence-electron chi connectivity index (χ0n) is 14.2. The van der Waals surface area contributed by atoms with Crippen molar-refractivity contribution >= 4 is 15.9 Å². The maximum absolute atomic E-state index is 13.9. The molecule has 0 bridgehead atoms. The lowest BCUT2D eigenvalue weighted by Gasteiger charge is -2.10. The highest BCUT2D eigenvalue weighted by molar-refractivity contribution is 7.89. The van der Waals surface area contributed by atoms with E-state index in [1.165, 1.54) is 12.1 Å². The average molecular weight is 404 g/mol. The number of rotatable bonds is 5. The van der Waals surface area contributed by atoms with E-state index in [1.54, 1.807) is 35.2 Å². The molecule has 9 heteroatoms. The predicted molar refractivity (Wildman–Crippen MR) is 97.7 cm³/mol. The zero-order valence-corrected chi connectivity index (χ0v) is 15.0. The molecule has 0 saturated heterocycles. The Morgan fingerprint density at radius 3 is 2.29 bits per heavy atom. The van der Waals surface area contributed by atoms with Gasteiger partial charge in [0, 0.05) is 11.6 Å². The summed E-state index contributed by atoms with van der Waals surface area (Å²) in [6.45, 7) is 0. The Bertz CT molecular complexity index is 1140. The van der Waals surface area contributed by atoms with Crippen LogP contribution in [0.15, 0.2) is 71.6 Å². The standard InChI is InChI=1S/C19H14F2N2O4S/c20-15-9-13(12-4-2-1-3-5-12)8-14(10-15)19(25)22-23-28(26,27)18-7-6-16(24)11-17(18)21/h1-11,23-24H,(H,22,25). The molecule has 0 atom stereocenters. The number of carbonyl (C=O) groups excluding carboxylic acids is 1. The van der Waals surface area contributed by atoms with E-state index >= 15 is 0 Å². The summed E-state index contributed by atoms with van der Waals surface area (Å²) >= 11 is 0. The van der Waals surface area contributed by atoms with Crippen molar-refractivity contribution in [2.24, 2.45) is 0 Å². The van der Waals surface area contributed by atoms with Crippen molar-refractivity contribution in [3.05, 3.63) is 83.9 Å². The Balaban J connectivity index is 1.81. The molecule has 0 fully saturated rings. The third kappa shape index (κ3) is 4.33. The lowest BCUT2D eigenvalue weighted by atomic mass is 10.0. The van der Waals surface area contributed by atoms with Gasteiger partial charge in [-0.1, -0.05) is 30.3 Å². The van der Waals surface area contributed by atoms with Crippen LogP contribution < -0.4 is 10.3 Å². The van der Waals surface area contributed by atoms with Gasteiger partial charge in [0.25, 0.3) is 15.9 Å². The van der Waals surface area contributed by atoms with Gasteiger partial charge >= 0.3 is 0 Å². The maximum atomic E-state index is 13.9. The summed E-state index contributed by atoms with van der Waals surface area (Å²) in [6, 6.07) is 14.8. The van der Waals surface area contributed by atoms with Gasteiger partial charge in [0.05, 0.1) is 0 Å². The number of halogens is 2. The summed E-state index contributed by atoms with van der Waals surface area (Å²) < 4.78 is 51.9. The van der Waals surface area contributed by atoms with Crippen molar-refractivity contribution in [2.75, 3.05) is 0 Å². The monoisotopic (exact) mass is 404 g/mol. The van der Waals surface area contributed by atoms with Crippen LogP contribution in [0.2, 0.25) is 0 Å². The van der Waals surface area contributed by atoms with E-state index in [2.05, 4.69) is 0 Å². The first-order chi connectivity index (χ1) is 13.3. The molecule has 0 aliphatic heterocycles. The molecule has 144 valence electrons. The summed E-state index contributed by atoms with van der Waals surface area (Å²) in [6.07, 6.45) is 0. The second-order valence-electron chi connectivity index (χ2n) is 5.77. The van der Waals surface area contributed by atoms with Crippen LogP contribution in [0.25, 0.3) is 11.1 Å². The van der Waals surface area contributed by atoms with Gasteiger partial charge in [0.2, 0.25) is 0 Å². The summed E-state index contributed by atoms with van der Waals surface area (Å²) in [7, 11) is -4.44. The second kappa shape index (κ2) is 7.75. The number of aromatic hydroxyl groups is 1. The number of hydrogen-bond donors (Lipinski definition) is 3. The molecule has 3 N–H and O–H groups in total. The normalized spacial score (nSPS) is 11.2. The smallest absolute Gasteiger partial charge is 0.266 e. The molecular weight excluding hydrogens is 390 g/mol. The van der Waals surface area contributed by atoms with E-state index in [0.717, 1.165) is 18.2 Å². The van der Waals surface area contributed by atoms with Crippen molar-refractivity contribution in [1.29, 1.82) is 0 Å². The van der Waals surface area contributed by atoms with Crippen LogP contribution in [0.5, 0.6) is 5.75 Å². The number of carbonyl (C=O) groups is 1. The fourth-order valence-corrected chi connectivity index (χ4v) is 3.37. The number of hydrazine groups is 1. The Hall–Kier alpha value is -3.30. The number of amides is 1. The highest BCUT2D eigenvalue weighted by Gasteiger charge is 2.21. The molecule has 0 spiro atoms. The molecule has 0 radical (unpaired) electrons. The topological polar surface area (TPSA) is 95.5 Å². The highest BCUT2D eigenvalue weighted by Crippen LogP contribution is 2.22. The van der Waals surface area contributed by atoms with Crippen LogP contribution >= 0.6 is 0 Å². The Labute approximate surface area is 159 Å². The first-order valence-electron chi connectivity index (χ1n) is 7.93. The number of benzene rings is 3. The van der Waals surface area contributed by atoms with E-state index in [-0.39, 0.29) is 5.56 Å². The Kier molecular flexibility index (Phi) is 5.39. The lowest BCUT2D eigenvalue weighted by Crippen LogP contribution is -2.41. The number of hydrogen-bond acceptors (Lipinski definition) is 4. The molecule has 1 amide bonds. The van der Waals surface area contributed by atoms with E-state index in [1.807, 2.05) is 5.43 Å². The molecule has 0 heterocycles. The minimum atomic E-state index is -4.44. The molecule has 28 heavy (non-hydrogen) atoms.